The smallest absolute Gasteiger partial charge is 0.251 e. The van der Waals surface area contributed by atoms with Crippen LogP contribution in [0, 0.1) is 11.6 Å². The Hall–Kier alpha value is -1.41. The quantitative estimate of drug-likeness (QED) is 0.591. The first-order chi connectivity index (χ1) is 9.26. The van der Waals surface area contributed by atoms with Crippen molar-refractivity contribution in [3.8, 4) is 0 Å². The molecule has 112 valence electrons. The molecule has 0 radical (unpaired) electrons. The van der Waals surface area contributed by atoms with Gasteiger partial charge in [-0.2, -0.15) is 0 Å². The third-order valence-corrected chi connectivity index (χ3v) is 4.01. The molecule has 0 heterocycles. The average Bonchev–Trinajstić information content (AvgIpc) is 2.32. The zero-order valence-electron chi connectivity index (χ0n) is 10.3. The number of nitrogens with one attached hydrogen (secondary N) is 1. The Bertz CT molecular complexity index is 608. The highest BCUT2D eigenvalue weighted by Crippen LogP contribution is 2.20. The summed E-state index contributed by atoms with van der Waals surface area (Å²) < 4.78 is 52.0. The van der Waals surface area contributed by atoms with Gasteiger partial charge in [-0.25, -0.2) is 17.2 Å². The maximum absolute atomic E-state index is 13.5. The average molecular weight is 327 g/mol. The third kappa shape index (κ3) is 4.61. The SMILES string of the molecule is NC(=O)c1cc(NS(=O)(=O)CCCCCl)c(F)cc1F. The second kappa shape index (κ2) is 6.85. The number of alkyl halides is 1. The summed E-state index contributed by atoms with van der Waals surface area (Å²) in [5.74, 6) is -3.35. The number of primary amides is 1. The lowest BCUT2D eigenvalue weighted by Gasteiger charge is -2.10. The maximum atomic E-state index is 13.5. The Morgan fingerprint density at radius 1 is 1.25 bits per heavy atom. The summed E-state index contributed by atoms with van der Waals surface area (Å²) >= 11 is 5.42. The molecule has 1 amide bonds. The number of hydrogen-bond acceptors (Lipinski definition) is 3. The molecule has 3 N–H and O–H groups in total. The van der Waals surface area contributed by atoms with Gasteiger partial charge in [-0.1, -0.05) is 0 Å². The number of amides is 1. The van der Waals surface area contributed by atoms with E-state index >= 15 is 0 Å². The summed E-state index contributed by atoms with van der Waals surface area (Å²) in [6, 6.07) is 1.13. The van der Waals surface area contributed by atoms with Crippen molar-refractivity contribution < 1.29 is 22.0 Å². The predicted molar refractivity (Wildman–Crippen MR) is 72.2 cm³/mol. The number of carbonyl (C=O) groups is 1. The monoisotopic (exact) mass is 326 g/mol. The first-order valence-corrected chi connectivity index (χ1v) is 7.81. The van der Waals surface area contributed by atoms with Crippen molar-refractivity contribution in [2.45, 2.75) is 12.8 Å². The van der Waals surface area contributed by atoms with Gasteiger partial charge in [-0.3, -0.25) is 9.52 Å². The number of anilines is 1. The van der Waals surface area contributed by atoms with Crippen LogP contribution in [-0.2, 0) is 10.0 Å². The van der Waals surface area contributed by atoms with E-state index in [0.29, 0.717) is 24.8 Å². The number of carbonyl (C=O) groups excluding carboxylic acids is 1. The largest absolute Gasteiger partial charge is 0.366 e. The van der Waals surface area contributed by atoms with E-state index in [1.807, 2.05) is 4.72 Å². The van der Waals surface area contributed by atoms with Crippen LogP contribution in [0.25, 0.3) is 0 Å². The summed E-state index contributed by atoms with van der Waals surface area (Å²) in [4.78, 5) is 10.9. The number of halogens is 3. The van der Waals surface area contributed by atoms with E-state index in [0.717, 1.165) is 6.07 Å². The number of rotatable bonds is 7. The van der Waals surface area contributed by atoms with Gasteiger partial charge in [0.2, 0.25) is 10.0 Å². The molecule has 9 heteroatoms. The van der Waals surface area contributed by atoms with Crippen LogP contribution in [-0.4, -0.2) is 26.0 Å². The van der Waals surface area contributed by atoms with Crippen molar-refractivity contribution >= 4 is 33.2 Å². The zero-order chi connectivity index (χ0) is 15.3. The highest BCUT2D eigenvalue weighted by molar-refractivity contribution is 7.92. The lowest BCUT2D eigenvalue weighted by atomic mass is 10.2. The van der Waals surface area contributed by atoms with Gasteiger partial charge in [0.15, 0.2) is 0 Å². The molecule has 0 aliphatic heterocycles. The van der Waals surface area contributed by atoms with E-state index < -0.39 is 38.8 Å². The lowest BCUT2D eigenvalue weighted by Crippen LogP contribution is -2.19. The molecule has 0 saturated heterocycles. The van der Waals surface area contributed by atoms with Gasteiger partial charge in [0.25, 0.3) is 5.91 Å². The van der Waals surface area contributed by atoms with Crippen LogP contribution in [0.4, 0.5) is 14.5 Å². The number of benzene rings is 1. The van der Waals surface area contributed by atoms with Gasteiger partial charge in [0.05, 0.1) is 17.0 Å². The van der Waals surface area contributed by atoms with Crippen LogP contribution >= 0.6 is 11.6 Å². The first kappa shape index (κ1) is 16.6. The standard InChI is InChI=1S/C11H13ClF2N2O3S/c12-3-1-2-4-20(18,19)16-10-5-7(11(15)17)8(13)6-9(10)14/h5-6,16H,1-4H2,(H2,15,17). The van der Waals surface area contributed by atoms with Gasteiger partial charge in [0, 0.05) is 11.9 Å². The highest BCUT2D eigenvalue weighted by atomic mass is 35.5. The Kier molecular flexibility index (Phi) is 5.70. The van der Waals surface area contributed by atoms with E-state index in [9.17, 15) is 22.0 Å². The molecule has 0 bridgehead atoms. The van der Waals surface area contributed by atoms with Gasteiger partial charge in [-0.15, -0.1) is 11.6 Å². The molecule has 1 aromatic rings. The fourth-order valence-electron chi connectivity index (χ4n) is 1.42. The highest BCUT2D eigenvalue weighted by Gasteiger charge is 2.18. The van der Waals surface area contributed by atoms with Crippen LogP contribution in [0.1, 0.15) is 23.2 Å². The van der Waals surface area contributed by atoms with Crippen molar-refractivity contribution in [1.82, 2.24) is 0 Å². The van der Waals surface area contributed by atoms with Gasteiger partial charge in [-0.05, 0) is 18.9 Å². The number of hydrogen-bond donors (Lipinski definition) is 2. The Balaban J connectivity index is 2.97. The van der Waals surface area contributed by atoms with Crippen LogP contribution in [0.5, 0.6) is 0 Å². The van der Waals surface area contributed by atoms with E-state index in [-0.39, 0.29) is 5.75 Å². The molecule has 0 saturated carbocycles. The first-order valence-electron chi connectivity index (χ1n) is 5.62. The molecule has 0 aliphatic carbocycles. The van der Waals surface area contributed by atoms with Gasteiger partial charge in [0.1, 0.15) is 11.6 Å². The molecule has 20 heavy (non-hydrogen) atoms. The molecule has 0 fully saturated rings. The zero-order valence-corrected chi connectivity index (χ0v) is 11.9. The second-order valence-corrected chi connectivity index (χ2v) is 6.21. The Morgan fingerprint density at radius 2 is 1.90 bits per heavy atom. The fraction of sp³-hybridized carbons (Fsp3) is 0.364. The van der Waals surface area contributed by atoms with E-state index in [4.69, 9.17) is 17.3 Å². The molecule has 0 spiro atoms. The van der Waals surface area contributed by atoms with E-state index in [1.54, 1.807) is 0 Å². The summed E-state index contributed by atoms with van der Waals surface area (Å²) in [5.41, 5.74) is 3.79. The minimum atomic E-state index is -3.81. The molecule has 0 unspecified atom stereocenters. The second-order valence-electron chi connectivity index (χ2n) is 3.99. The van der Waals surface area contributed by atoms with Crippen LogP contribution < -0.4 is 10.5 Å². The van der Waals surface area contributed by atoms with Crippen LogP contribution in [0.2, 0.25) is 0 Å². The van der Waals surface area contributed by atoms with Crippen molar-refractivity contribution in [2.75, 3.05) is 16.4 Å². The number of sulfonamides is 1. The van der Waals surface area contributed by atoms with Crippen molar-refractivity contribution in [2.24, 2.45) is 5.73 Å². The maximum Gasteiger partial charge on any atom is 0.251 e. The predicted octanol–water partition coefficient (Wildman–Crippen LogP) is 1.82. The van der Waals surface area contributed by atoms with Crippen molar-refractivity contribution in [3.63, 3.8) is 0 Å². The molecule has 0 atom stereocenters. The summed E-state index contributed by atoms with van der Waals surface area (Å²) in [6.45, 7) is 0. The van der Waals surface area contributed by atoms with E-state index in [2.05, 4.69) is 0 Å². The summed E-state index contributed by atoms with van der Waals surface area (Å²) in [5, 5.41) is 0. The molecule has 1 rings (SSSR count). The van der Waals surface area contributed by atoms with Crippen molar-refractivity contribution in [3.05, 3.63) is 29.3 Å². The Labute approximate surface area is 120 Å². The molecule has 5 nitrogen and oxygen atoms in total. The molecular formula is C11H13ClF2N2O3S. The topological polar surface area (TPSA) is 89.3 Å². The summed E-state index contributed by atoms with van der Waals surface area (Å²) in [7, 11) is -3.81. The van der Waals surface area contributed by atoms with Crippen LogP contribution in [0.3, 0.4) is 0 Å². The number of nitrogens with two attached hydrogens (primary N) is 1. The number of unbranched alkanes of at least 4 members (excludes halogenated alkanes) is 1. The summed E-state index contributed by atoms with van der Waals surface area (Å²) in [6.07, 6.45) is 0.783. The molecule has 0 aromatic heterocycles. The molecule has 0 aliphatic rings. The minimum absolute atomic E-state index is 0.261. The molecule has 1 aromatic carbocycles. The molecular weight excluding hydrogens is 314 g/mol. The van der Waals surface area contributed by atoms with E-state index in [1.165, 1.54) is 0 Å². The van der Waals surface area contributed by atoms with Gasteiger partial charge >= 0.3 is 0 Å². The minimum Gasteiger partial charge on any atom is -0.366 e. The Morgan fingerprint density at radius 3 is 2.45 bits per heavy atom. The van der Waals surface area contributed by atoms with Gasteiger partial charge < -0.3 is 5.73 Å². The lowest BCUT2D eigenvalue weighted by molar-refractivity contribution is 0.0996. The van der Waals surface area contributed by atoms with Crippen LogP contribution in [0.15, 0.2) is 12.1 Å². The van der Waals surface area contributed by atoms with Crippen molar-refractivity contribution in [1.29, 1.82) is 0 Å². The fourth-order valence-corrected chi connectivity index (χ4v) is 2.79. The normalized spacial score (nSPS) is 11.3. The third-order valence-electron chi connectivity index (χ3n) is 2.38.